The third-order valence-corrected chi connectivity index (χ3v) is 5.49. The van der Waals surface area contributed by atoms with E-state index in [0.717, 1.165) is 22.8 Å². The van der Waals surface area contributed by atoms with E-state index in [2.05, 4.69) is 30.7 Å². The second-order valence-corrected chi connectivity index (χ2v) is 8.06. The number of nitrogens with one attached hydrogen (secondary N) is 2. The number of carbonyl (C=O) groups excluding carboxylic acids is 1. The van der Waals surface area contributed by atoms with E-state index in [1.165, 1.54) is 0 Å². The number of nitrogens with zero attached hydrogens (tertiary/aromatic N) is 6. The molecule has 0 aliphatic carbocycles. The molecule has 0 spiro atoms. The minimum absolute atomic E-state index is 0.253. The van der Waals surface area contributed by atoms with Gasteiger partial charge in [0.15, 0.2) is 0 Å². The first-order valence-electron chi connectivity index (χ1n) is 11.2. The van der Waals surface area contributed by atoms with E-state index in [9.17, 15) is 4.79 Å². The quantitative estimate of drug-likeness (QED) is 0.356. The highest BCUT2D eigenvalue weighted by Crippen LogP contribution is 2.24. The Balaban J connectivity index is 1.28. The minimum atomic E-state index is -0.253. The average molecular weight is 481 g/mol. The van der Waals surface area contributed by atoms with Crippen LogP contribution in [0.4, 0.5) is 17.2 Å². The number of anilines is 3. The van der Waals surface area contributed by atoms with Gasteiger partial charge in [-0.05, 0) is 49.4 Å². The molecule has 0 radical (unpaired) electrons. The van der Waals surface area contributed by atoms with Crippen LogP contribution in [0.5, 0.6) is 5.75 Å². The van der Waals surface area contributed by atoms with Crippen LogP contribution in [0.25, 0.3) is 17.1 Å². The van der Waals surface area contributed by atoms with E-state index >= 15 is 0 Å². The molecule has 0 saturated heterocycles. The van der Waals surface area contributed by atoms with Gasteiger partial charge in [-0.1, -0.05) is 12.1 Å². The van der Waals surface area contributed by atoms with Gasteiger partial charge >= 0.3 is 0 Å². The van der Waals surface area contributed by atoms with E-state index in [0.29, 0.717) is 28.7 Å². The Morgan fingerprint density at radius 1 is 1.00 bits per heavy atom. The van der Waals surface area contributed by atoms with Gasteiger partial charge in [0.05, 0.1) is 12.8 Å². The second-order valence-electron chi connectivity index (χ2n) is 8.06. The minimum Gasteiger partial charge on any atom is -0.497 e. The Labute approximate surface area is 207 Å². The van der Waals surface area contributed by atoms with Crippen molar-refractivity contribution < 1.29 is 9.53 Å². The van der Waals surface area contributed by atoms with Crippen LogP contribution in [-0.4, -0.2) is 42.3 Å². The lowest BCUT2D eigenvalue weighted by Gasteiger charge is -2.10. The van der Waals surface area contributed by atoms with Crippen LogP contribution >= 0.6 is 0 Å². The predicted molar refractivity (Wildman–Crippen MR) is 137 cm³/mol. The number of amides is 1. The SMILES string of the molecule is COc1cccc(-c2cc(C(=O)Nc3ccc(Nc4cc(-n5ccnc5)nc(C)n4)cc3)n(C)n2)c1. The maximum absolute atomic E-state index is 12.9. The van der Waals surface area contributed by atoms with E-state index in [1.807, 2.05) is 72.3 Å². The molecule has 0 atom stereocenters. The lowest BCUT2D eigenvalue weighted by Crippen LogP contribution is -2.16. The fraction of sp³-hybridized carbons (Fsp3) is 0.115. The summed E-state index contributed by atoms with van der Waals surface area (Å²) >= 11 is 0. The van der Waals surface area contributed by atoms with Crippen molar-refractivity contribution in [2.75, 3.05) is 17.7 Å². The van der Waals surface area contributed by atoms with Crippen molar-refractivity contribution in [1.29, 1.82) is 0 Å². The number of aromatic nitrogens is 6. The fourth-order valence-corrected chi connectivity index (χ4v) is 3.73. The number of rotatable bonds is 7. The lowest BCUT2D eigenvalue weighted by atomic mass is 10.1. The fourth-order valence-electron chi connectivity index (χ4n) is 3.73. The molecule has 0 aliphatic heterocycles. The van der Waals surface area contributed by atoms with Crippen LogP contribution in [0.2, 0.25) is 0 Å². The predicted octanol–water partition coefficient (Wildman–Crippen LogP) is 4.38. The summed E-state index contributed by atoms with van der Waals surface area (Å²) in [4.78, 5) is 25.9. The Bertz CT molecular complexity index is 1510. The van der Waals surface area contributed by atoms with Crippen molar-refractivity contribution >= 4 is 23.1 Å². The highest BCUT2D eigenvalue weighted by atomic mass is 16.5. The van der Waals surface area contributed by atoms with Crippen molar-refractivity contribution in [3.63, 3.8) is 0 Å². The molecule has 10 nitrogen and oxygen atoms in total. The van der Waals surface area contributed by atoms with Gasteiger partial charge in [0, 0.05) is 42.4 Å². The topological polar surface area (TPSA) is 112 Å². The van der Waals surface area contributed by atoms with E-state index in [-0.39, 0.29) is 5.91 Å². The molecule has 0 unspecified atom stereocenters. The number of hydrogen-bond acceptors (Lipinski definition) is 7. The molecular formula is C26H24N8O2. The molecule has 1 amide bonds. The zero-order chi connectivity index (χ0) is 25.1. The van der Waals surface area contributed by atoms with Gasteiger partial charge in [0.1, 0.15) is 35.2 Å². The summed E-state index contributed by atoms with van der Waals surface area (Å²) in [5.41, 5.74) is 3.49. The zero-order valence-electron chi connectivity index (χ0n) is 20.0. The van der Waals surface area contributed by atoms with Crippen LogP contribution in [0.15, 0.2) is 79.4 Å². The van der Waals surface area contributed by atoms with Gasteiger partial charge in [0.25, 0.3) is 5.91 Å². The molecule has 36 heavy (non-hydrogen) atoms. The molecule has 2 aromatic carbocycles. The molecule has 0 aliphatic rings. The molecule has 0 bridgehead atoms. The largest absolute Gasteiger partial charge is 0.497 e. The molecule has 0 fully saturated rings. The summed E-state index contributed by atoms with van der Waals surface area (Å²) in [6, 6.07) is 18.5. The normalized spacial score (nSPS) is 10.8. The van der Waals surface area contributed by atoms with Crippen molar-refractivity contribution in [1.82, 2.24) is 29.3 Å². The first-order chi connectivity index (χ1) is 17.5. The number of ether oxygens (including phenoxy) is 1. The lowest BCUT2D eigenvalue weighted by molar-refractivity contribution is 0.101. The van der Waals surface area contributed by atoms with Crippen LogP contribution in [0.3, 0.4) is 0 Å². The Kier molecular flexibility index (Phi) is 6.14. The standard InChI is InChI=1S/C26H24N8O2/c1-17-28-24(15-25(29-17)34-12-11-27-16-34)30-19-7-9-20(10-8-19)31-26(35)23-14-22(32-33(23)2)18-5-4-6-21(13-18)36-3/h4-16H,1-3H3,(H,31,35)(H,28,29,30). The summed E-state index contributed by atoms with van der Waals surface area (Å²) in [7, 11) is 3.36. The molecule has 5 aromatic rings. The van der Waals surface area contributed by atoms with Crippen LogP contribution in [0.1, 0.15) is 16.3 Å². The summed E-state index contributed by atoms with van der Waals surface area (Å²) in [5, 5.41) is 10.7. The Morgan fingerprint density at radius 2 is 1.81 bits per heavy atom. The number of imidazole rings is 1. The van der Waals surface area contributed by atoms with Crippen LogP contribution in [0, 0.1) is 6.92 Å². The molecule has 10 heteroatoms. The highest BCUT2D eigenvalue weighted by Gasteiger charge is 2.15. The first kappa shape index (κ1) is 22.8. The van der Waals surface area contributed by atoms with Crippen molar-refractivity contribution in [2.24, 2.45) is 7.05 Å². The third kappa shape index (κ3) is 4.92. The molecule has 0 saturated carbocycles. The maximum Gasteiger partial charge on any atom is 0.273 e. The Morgan fingerprint density at radius 3 is 2.56 bits per heavy atom. The molecule has 5 rings (SSSR count). The van der Waals surface area contributed by atoms with E-state index in [1.54, 1.807) is 37.4 Å². The number of benzene rings is 2. The highest BCUT2D eigenvalue weighted by molar-refractivity contribution is 6.03. The van der Waals surface area contributed by atoms with Crippen molar-refractivity contribution in [3.8, 4) is 22.8 Å². The maximum atomic E-state index is 12.9. The first-order valence-corrected chi connectivity index (χ1v) is 11.2. The van der Waals surface area contributed by atoms with Crippen molar-refractivity contribution in [3.05, 3.63) is 90.9 Å². The van der Waals surface area contributed by atoms with Crippen LogP contribution in [-0.2, 0) is 7.05 Å². The van der Waals surface area contributed by atoms with Crippen LogP contribution < -0.4 is 15.4 Å². The van der Waals surface area contributed by atoms with Gasteiger partial charge < -0.3 is 15.4 Å². The van der Waals surface area contributed by atoms with Gasteiger partial charge in [-0.2, -0.15) is 5.10 Å². The molecule has 2 N–H and O–H groups in total. The molecule has 3 aromatic heterocycles. The molecule has 180 valence electrons. The van der Waals surface area contributed by atoms with Gasteiger partial charge in [-0.25, -0.2) is 15.0 Å². The van der Waals surface area contributed by atoms with Gasteiger partial charge in [-0.15, -0.1) is 0 Å². The van der Waals surface area contributed by atoms with Crippen molar-refractivity contribution in [2.45, 2.75) is 6.92 Å². The summed E-state index contributed by atoms with van der Waals surface area (Å²) < 4.78 is 8.67. The van der Waals surface area contributed by atoms with E-state index in [4.69, 9.17) is 4.74 Å². The number of aryl methyl sites for hydroxylation is 2. The monoisotopic (exact) mass is 480 g/mol. The van der Waals surface area contributed by atoms with E-state index < -0.39 is 0 Å². The Hall–Kier alpha value is -4.99. The molecular weight excluding hydrogens is 456 g/mol. The average Bonchev–Trinajstić information content (AvgIpc) is 3.55. The summed E-state index contributed by atoms with van der Waals surface area (Å²) in [5.74, 6) is 2.49. The van der Waals surface area contributed by atoms with Gasteiger partial charge in [-0.3, -0.25) is 14.0 Å². The number of carbonyl (C=O) groups is 1. The molecule has 3 heterocycles. The summed E-state index contributed by atoms with van der Waals surface area (Å²) in [6.45, 7) is 1.84. The second kappa shape index (κ2) is 9.71. The number of hydrogen-bond donors (Lipinski definition) is 2. The zero-order valence-corrected chi connectivity index (χ0v) is 20.0. The van der Waals surface area contributed by atoms with Gasteiger partial charge in [0.2, 0.25) is 0 Å². The smallest absolute Gasteiger partial charge is 0.273 e. The number of methoxy groups -OCH3 is 1. The summed E-state index contributed by atoms with van der Waals surface area (Å²) in [6.07, 6.45) is 5.21. The third-order valence-electron chi connectivity index (χ3n) is 5.49.